The highest BCUT2D eigenvalue weighted by Crippen LogP contribution is 2.38. The Hall–Kier alpha value is -2.56. The molecule has 0 bridgehead atoms. The summed E-state index contributed by atoms with van der Waals surface area (Å²) in [5.41, 5.74) is 7.80. The summed E-state index contributed by atoms with van der Waals surface area (Å²) in [5, 5.41) is 12.0. The van der Waals surface area contributed by atoms with Gasteiger partial charge in [0.2, 0.25) is 0 Å². The second-order valence-corrected chi connectivity index (χ2v) is 6.98. The van der Waals surface area contributed by atoms with Crippen LogP contribution in [0.25, 0.3) is 10.8 Å². The molecule has 0 heterocycles. The van der Waals surface area contributed by atoms with Crippen molar-refractivity contribution in [3.05, 3.63) is 70.7 Å². The maximum Gasteiger partial charge on any atom is 0.312 e. The number of aryl methyl sites for hydroxylation is 1. The van der Waals surface area contributed by atoms with Crippen molar-refractivity contribution in [3.63, 3.8) is 0 Å². The van der Waals surface area contributed by atoms with Crippen LogP contribution in [0.2, 0.25) is 5.02 Å². The molecule has 1 aliphatic carbocycles. The zero-order valence-electron chi connectivity index (χ0n) is 14.0. The number of halogens is 1. The lowest BCUT2D eigenvalue weighted by Gasteiger charge is -2.28. The second-order valence-electron chi connectivity index (χ2n) is 6.58. The first-order chi connectivity index (χ1) is 12.5. The van der Waals surface area contributed by atoms with E-state index in [1.807, 2.05) is 48.5 Å². The quantitative estimate of drug-likeness (QED) is 0.702. The number of rotatable bonds is 3. The Kier molecular flexibility index (Phi) is 4.31. The van der Waals surface area contributed by atoms with Crippen molar-refractivity contribution in [3.8, 4) is 11.5 Å². The number of carbonyl (C=O) groups is 1. The molecule has 3 aromatic rings. The van der Waals surface area contributed by atoms with Gasteiger partial charge in [-0.3, -0.25) is 4.79 Å². The third-order valence-corrected chi connectivity index (χ3v) is 5.25. The number of carboxylic acid groups (broad SMARTS) is 1. The van der Waals surface area contributed by atoms with Gasteiger partial charge in [0, 0.05) is 11.4 Å². The van der Waals surface area contributed by atoms with E-state index in [0.717, 1.165) is 28.3 Å². The monoisotopic (exact) mass is 367 g/mol. The van der Waals surface area contributed by atoms with Crippen molar-refractivity contribution in [2.45, 2.75) is 24.8 Å². The molecule has 4 rings (SSSR count). The summed E-state index contributed by atoms with van der Waals surface area (Å²) in [4.78, 5) is 11.7. The molecule has 26 heavy (non-hydrogen) atoms. The third kappa shape index (κ3) is 2.91. The van der Waals surface area contributed by atoms with E-state index in [2.05, 4.69) is 0 Å². The van der Waals surface area contributed by atoms with Gasteiger partial charge in [0.15, 0.2) is 0 Å². The zero-order chi connectivity index (χ0) is 18.3. The van der Waals surface area contributed by atoms with E-state index in [4.69, 9.17) is 22.1 Å². The van der Waals surface area contributed by atoms with Crippen LogP contribution in [-0.4, -0.2) is 17.1 Å². The van der Waals surface area contributed by atoms with Gasteiger partial charge in [-0.25, -0.2) is 0 Å². The van der Waals surface area contributed by atoms with E-state index < -0.39 is 11.9 Å². The summed E-state index contributed by atoms with van der Waals surface area (Å²) >= 11 is 6.35. The minimum Gasteiger partial charge on any atom is -0.481 e. The van der Waals surface area contributed by atoms with Crippen LogP contribution in [-0.2, 0) is 11.2 Å². The van der Waals surface area contributed by atoms with Gasteiger partial charge in [0.1, 0.15) is 11.5 Å². The molecular formula is C21H18ClNO3. The predicted molar refractivity (Wildman–Crippen MR) is 102 cm³/mol. The fraction of sp³-hybridized carbons (Fsp3) is 0.190. The van der Waals surface area contributed by atoms with E-state index in [-0.39, 0.29) is 6.04 Å². The summed E-state index contributed by atoms with van der Waals surface area (Å²) in [6, 6.07) is 16.6. The molecule has 2 atom stereocenters. The smallest absolute Gasteiger partial charge is 0.312 e. The normalized spacial score (nSPS) is 19.2. The maximum atomic E-state index is 11.7. The molecule has 3 N–H and O–H groups in total. The van der Waals surface area contributed by atoms with Gasteiger partial charge in [-0.15, -0.1) is 0 Å². The molecule has 1 aliphatic rings. The Morgan fingerprint density at radius 2 is 1.92 bits per heavy atom. The van der Waals surface area contributed by atoms with Crippen molar-refractivity contribution < 1.29 is 14.6 Å². The molecule has 0 spiro atoms. The van der Waals surface area contributed by atoms with Crippen molar-refractivity contribution >= 4 is 28.3 Å². The Morgan fingerprint density at radius 3 is 2.69 bits per heavy atom. The standard InChI is InChI=1S/C21H18ClNO3/c22-16-5-1-3-13-4-2-6-18(19(13)16)26-14-9-7-12-8-10-17(23)20(21(24)25)15(12)11-14/h1-7,9,11,17,20H,8,10,23H2,(H,24,25). The van der Waals surface area contributed by atoms with Gasteiger partial charge in [0.25, 0.3) is 0 Å². The molecule has 0 amide bonds. The highest BCUT2D eigenvalue weighted by Gasteiger charge is 2.33. The SMILES string of the molecule is NC1CCc2ccc(Oc3cccc4cccc(Cl)c34)cc2C1C(=O)O. The molecule has 3 aromatic carbocycles. The first-order valence-electron chi connectivity index (χ1n) is 8.51. The van der Waals surface area contributed by atoms with Crippen LogP contribution in [0.3, 0.4) is 0 Å². The number of carboxylic acids is 1. The van der Waals surface area contributed by atoms with Crippen LogP contribution >= 0.6 is 11.6 Å². The van der Waals surface area contributed by atoms with E-state index in [1.54, 1.807) is 6.07 Å². The number of nitrogens with two attached hydrogens (primary N) is 1. The van der Waals surface area contributed by atoms with Crippen molar-refractivity contribution in [1.29, 1.82) is 0 Å². The van der Waals surface area contributed by atoms with Gasteiger partial charge >= 0.3 is 5.97 Å². The second kappa shape index (κ2) is 6.63. The molecule has 0 aromatic heterocycles. The van der Waals surface area contributed by atoms with E-state index in [1.165, 1.54) is 0 Å². The van der Waals surface area contributed by atoms with Crippen LogP contribution in [0.15, 0.2) is 54.6 Å². The van der Waals surface area contributed by atoms with Gasteiger partial charge in [-0.2, -0.15) is 0 Å². The van der Waals surface area contributed by atoms with Gasteiger partial charge in [-0.1, -0.05) is 41.9 Å². The lowest BCUT2D eigenvalue weighted by molar-refractivity contribution is -0.139. The number of hydrogen-bond acceptors (Lipinski definition) is 3. The zero-order valence-corrected chi connectivity index (χ0v) is 14.7. The fourth-order valence-electron chi connectivity index (χ4n) is 3.66. The average molecular weight is 368 g/mol. The highest BCUT2D eigenvalue weighted by molar-refractivity contribution is 6.36. The highest BCUT2D eigenvalue weighted by atomic mass is 35.5. The lowest BCUT2D eigenvalue weighted by atomic mass is 9.79. The summed E-state index contributed by atoms with van der Waals surface area (Å²) in [6.07, 6.45) is 1.45. The number of fused-ring (bicyclic) bond motifs is 2. The first kappa shape index (κ1) is 16.9. The predicted octanol–water partition coefficient (Wildman–Crippen LogP) is 4.73. The van der Waals surface area contributed by atoms with Crippen LogP contribution in [0.5, 0.6) is 11.5 Å². The molecular weight excluding hydrogens is 350 g/mol. The molecule has 4 nitrogen and oxygen atoms in total. The minimum absolute atomic E-state index is 0.387. The van der Waals surface area contributed by atoms with E-state index in [9.17, 15) is 9.90 Å². The van der Waals surface area contributed by atoms with Gasteiger partial charge < -0.3 is 15.6 Å². The average Bonchev–Trinajstić information content (AvgIpc) is 2.61. The molecule has 5 heteroatoms. The Balaban J connectivity index is 1.76. The van der Waals surface area contributed by atoms with Crippen LogP contribution < -0.4 is 10.5 Å². The molecule has 0 radical (unpaired) electrons. The van der Waals surface area contributed by atoms with Crippen LogP contribution in [0.1, 0.15) is 23.5 Å². The van der Waals surface area contributed by atoms with Gasteiger partial charge in [-0.05, 0) is 53.6 Å². The molecule has 2 unspecified atom stereocenters. The Morgan fingerprint density at radius 1 is 1.15 bits per heavy atom. The molecule has 0 saturated heterocycles. The summed E-state index contributed by atoms with van der Waals surface area (Å²) in [7, 11) is 0. The van der Waals surface area contributed by atoms with Crippen molar-refractivity contribution in [1.82, 2.24) is 0 Å². The van der Waals surface area contributed by atoms with Crippen molar-refractivity contribution in [2.75, 3.05) is 0 Å². The number of aliphatic carboxylic acids is 1. The maximum absolute atomic E-state index is 11.7. The van der Waals surface area contributed by atoms with E-state index in [0.29, 0.717) is 22.9 Å². The molecule has 132 valence electrons. The van der Waals surface area contributed by atoms with Crippen molar-refractivity contribution in [2.24, 2.45) is 5.73 Å². The first-order valence-corrected chi connectivity index (χ1v) is 8.88. The number of ether oxygens (including phenoxy) is 1. The Bertz CT molecular complexity index is 996. The van der Waals surface area contributed by atoms with Crippen LogP contribution in [0.4, 0.5) is 0 Å². The minimum atomic E-state index is -0.899. The number of benzene rings is 3. The fourth-order valence-corrected chi connectivity index (χ4v) is 3.94. The topological polar surface area (TPSA) is 72.5 Å². The molecule has 0 fully saturated rings. The third-order valence-electron chi connectivity index (χ3n) is 4.94. The number of hydrogen-bond donors (Lipinski definition) is 2. The van der Waals surface area contributed by atoms with Crippen LogP contribution in [0, 0.1) is 0 Å². The summed E-state index contributed by atoms with van der Waals surface area (Å²) in [6.45, 7) is 0. The largest absolute Gasteiger partial charge is 0.481 e. The summed E-state index contributed by atoms with van der Waals surface area (Å²) in [5.74, 6) is -0.390. The Labute approximate surface area is 156 Å². The lowest BCUT2D eigenvalue weighted by Crippen LogP contribution is -2.37. The summed E-state index contributed by atoms with van der Waals surface area (Å²) < 4.78 is 6.08. The molecule has 0 aliphatic heterocycles. The van der Waals surface area contributed by atoms with E-state index >= 15 is 0 Å². The van der Waals surface area contributed by atoms with Gasteiger partial charge in [0.05, 0.1) is 10.9 Å². The molecule has 0 saturated carbocycles.